The molecule has 0 saturated heterocycles. The van der Waals surface area contributed by atoms with Gasteiger partial charge in [-0.3, -0.25) is 9.59 Å². The molecule has 3 N–H and O–H groups in total. The Balaban J connectivity index is 2.63. The first kappa shape index (κ1) is 18.9. The Kier molecular flexibility index (Phi) is 6.92. The summed E-state index contributed by atoms with van der Waals surface area (Å²) in [5.74, 6) is -0.468. The predicted molar refractivity (Wildman–Crippen MR) is 87.0 cm³/mol. The van der Waals surface area contributed by atoms with Crippen LogP contribution in [0.2, 0.25) is 0 Å². The lowest BCUT2D eigenvalue weighted by atomic mass is 10.1. The summed E-state index contributed by atoms with van der Waals surface area (Å²) in [6.07, 6.45) is 2.06. The Hall–Kier alpha value is -2.19. The lowest BCUT2D eigenvalue weighted by Gasteiger charge is -2.20. The van der Waals surface area contributed by atoms with Crippen molar-refractivity contribution in [3.63, 3.8) is 0 Å². The van der Waals surface area contributed by atoms with E-state index < -0.39 is 10.0 Å². The summed E-state index contributed by atoms with van der Waals surface area (Å²) >= 11 is 0. The second kappa shape index (κ2) is 8.44. The number of benzene rings is 1. The van der Waals surface area contributed by atoms with Crippen LogP contribution < -0.4 is 10.5 Å². The van der Waals surface area contributed by atoms with E-state index in [1.54, 1.807) is 18.2 Å². The molecule has 0 saturated carbocycles. The van der Waals surface area contributed by atoms with Gasteiger partial charge < -0.3 is 10.2 Å². The van der Waals surface area contributed by atoms with Gasteiger partial charge >= 0.3 is 0 Å². The van der Waals surface area contributed by atoms with Crippen molar-refractivity contribution in [2.75, 3.05) is 19.6 Å². The first-order valence-corrected chi connectivity index (χ1v) is 8.53. The van der Waals surface area contributed by atoms with E-state index in [4.69, 9.17) is 5.14 Å². The number of primary sulfonamides is 1. The molecule has 0 aliphatic rings. The highest BCUT2D eigenvalue weighted by atomic mass is 32.2. The normalized spacial score (nSPS) is 10.9. The van der Waals surface area contributed by atoms with Crippen LogP contribution in [0, 0.1) is 0 Å². The summed E-state index contributed by atoms with van der Waals surface area (Å²) in [4.78, 5) is 24.7. The quantitative estimate of drug-likeness (QED) is 0.651. The lowest BCUT2D eigenvalue weighted by Crippen LogP contribution is -2.40. The number of hydrogen-bond acceptors (Lipinski definition) is 4. The highest BCUT2D eigenvalue weighted by Gasteiger charge is 2.13. The van der Waals surface area contributed by atoms with Gasteiger partial charge in [-0.05, 0) is 24.1 Å². The van der Waals surface area contributed by atoms with E-state index in [1.807, 2.05) is 0 Å². The molecule has 8 heteroatoms. The van der Waals surface area contributed by atoms with Crippen LogP contribution >= 0.6 is 0 Å². The number of nitrogens with one attached hydrogen (secondary N) is 1. The molecule has 0 fully saturated rings. The van der Waals surface area contributed by atoms with Crippen molar-refractivity contribution in [3.8, 4) is 0 Å². The molecule has 0 aromatic heterocycles. The molecule has 23 heavy (non-hydrogen) atoms. The molecule has 0 atom stereocenters. The highest BCUT2D eigenvalue weighted by molar-refractivity contribution is 7.89. The SMILES string of the molecule is C=CCNC(=O)CN(CCc1ccc(S(N)(=O)=O)cc1)C(C)=O. The average Bonchev–Trinajstić information content (AvgIpc) is 2.48. The van der Waals surface area contributed by atoms with Gasteiger partial charge in [0.1, 0.15) is 0 Å². The van der Waals surface area contributed by atoms with E-state index >= 15 is 0 Å². The van der Waals surface area contributed by atoms with Crippen LogP contribution in [-0.4, -0.2) is 44.8 Å². The number of amides is 2. The summed E-state index contributed by atoms with van der Waals surface area (Å²) in [5.41, 5.74) is 0.843. The first-order valence-electron chi connectivity index (χ1n) is 6.99. The lowest BCUT2D eigenvalue weighted by molar-refractivity contribution is -0.134. The molecule has 2 amide bonds. The van der Waals surface area contributed by atoms with Gasteiger partial charge in [0.05, 0.1) is 11.4 Å². The van der Waals surface area contributed by atoms with Gasteiger partial charge in [0.2, 0.25) is 21.8 Å². The van der Waals surface area contributed by atoms with Crippen LogP contribution in [-0.2, 0) is 26.0 Å². The molecule has 1 aromatic carbocycles. The number of nitrogens with zero attached hydrogens (tertiary/aromatic N) is 1. The maximum atomic E-state index is 11.6. The van der Waals surface area contributed by atoms with Crippen LogP contribution in [0.15, 0.2) is 41.8 Å². The molecule has 0 spiro atoms. The standard InChI is InChI=1S/C15H21N3O4S/c1-3-9-17-15(20)11-18(12(2)19)10-8-13-4-6-14(7-5-13)23(16,21)22/h3-7H,1,8-11H2,2H3,(H,17,20)(H2,16,21,22). The fraction of sp³-hybridized carbons (Fsp3) is 0.333. The minimum Gasteiger partial charge on any atom is -0.351 e. The van der Waals surface area contributed by atoms with Crippen LogP contribution in [0.1, 0.15) is 12.5 Å². The molecule has 0 unspecified atom stereocenters. The number of carbonyl (C=O) groups is 2. The van der Waals surface area contributed by atoms with E-state index in [1.165, 1.54) is 24.0 Å². The number of carbonyl (C=O) groups excluding carboxylic acids is 2. The number of sulfonamides is 1. The zero-order valence-corrected chi connectivity index (χ0v) is 13.8. The zero-order valence-electron chi connectivity index (χ0n) is 13.0. The molecule has 7 nitrogen and oxygen atoms in total. The fourth-order valence-electron chi connectivity index (χ4n) is 1.87. The Morgan fingerprint density at radius 1 is 1.30 bits per heavy atom. The van der Waals surface area contributed by atoms with Gasteiger partial charge in [-0.2, -0.15) is 0 Å². The molecular formula is C15H21N3O4S. The maximum absolute atomic E-state index is 11.6. The summed E-state index contributed by atoms with van der Waals surface area (Å²) in [6.45, 7) is 5.56. The second-order valence-corrected chi connectivity index (χ2v) is 6.53. The first-order chi connectivity index (χ1) is 10.7. The Morgan fingerprint density at radius 3 is 2.39 bits per heavy atom. The van der Waals surface area contributed by atoms with Crippen molar-refractivity contribution in [1.82, 2.24) is 10.2 Å². The van der Waals surface area contributed by atoms with Crippen molar-refractivity contribution in [2.45, 2.75) is 18.2 Å². The van der Waals surface area contributed by atoms with Crippen molar-refractivity contribution in [1.29, 1.82) is 0 Å². The summed E-state index contributed by atoms with van der Waals surface area (Å²) < 4.78 is 22.4. The topological polar surface area (TPSA) is 110 Å². The van der Waals surface area contributed by atoms with Gasteiger partial charge in [0.15, 0.2) is 0 Å². The minimum absolute atomic E-state index is 0.0293. The Bertz CT molecular complexity index is 668. The van der Waals surface area contributed by atoms with Crippen molar-refractivity contribution < 1.29 is 18.0 Å². The van der Waals surface area contributed by atoms with Gasteiger partial charge in [-0.15, -0.1) is 6.58 Å². The van der Waals surface area contributed by atoms with E-state index in [-0.39, 0.29) is 23.3 Å². The van der Waals surface area contributed by atoms with E-state index in [9.17, 15) is 18.0 Å². The van der Waals surface area contributed by atoms with Crippen molar-refractivity contribution in [3.05, 3.63) is 42.5 Å². The van der Waals surface area contributed by atoms with Gasteiger partial charge in [-0.1, -0.05) is 18.2 Å². The second-order valence-electron chi connectivity index (χ2n) is 4.97. The van der Waals surface area contributed by atoms with E-state index in [0.29, 0.717) is 19.5 Å². The van der Waals surface area contributed by atoms with Gasteiger partial charge in [-0.25, -0.2) is 13.6 Å². The molecule has 1 aromatic rings. The van der Waals surface area contributed by atoms with E-state index in [0.717, 1.165) is 5.56 Å². The third kappa shape index (κ3) is 6.62. The predicted octanol–water partition coefficient (Wildman–Crippen LogP) is 0.0272. The third-order valence-corrected chi connectivity index (χ3v) is 4.07. The largest absolute Gasteiger partial charge is 0.351 e. The van der Waals surface area contributed by atoms with Gasteiger partial charge in [0.25, 0.3) is 0 Å². The fourth-order valence-corrected chi connectivity index (χ4v) is 2.39. The summed E-state index contributed by atoms with van der Waals surface area (Å²) in [6, 6.07) is 6.10. The molecule has 0 heterocycles. The van der Waals surface area contributed by atoms with Crippen LogP contribution in [0.3, 0.4) is 0 Å². The molecule has 0 radical (unpaired) electrons. The van der Waals surface area contributed by atoms with Crippen molar-refractivity contribution in [2.24, 2.45) is 5.14 Å². The Labute approximate surface area is 136 Å². The number of rotatable bonds is 8. The molecule has 0 aliphatic heterocycles. The van der Waals surface area contributed by atoms with Crippen molar-refractivity contribution >= 4 is 21.8 Å². The zero-order chi connectivity index (χ0) is 17.5. The number of hydrogen-bond donors (Lipinski definition) is 2. The smallest absolute Gasteiger partial charge is 0.239 e. The van der Waals surface area contributed by atoms with Gasteiger partial charge in [0, 0.05) is 20.0 Å². The minimum atomic E-state index is -3.71. The monoisotopic (exact) mass is 339 g/mol. The Morgan fingerprint density at radius 2 is 1.91 bits per heavy atom. The molecule has 126 valence electrons. The molecular weight excluding hydrogens is 318 g/mol. The highest BCUT2D eigenvalue weighted by Crippen LogP contribution is 2.09. The molecule has 0 aliphatic carbocycles. The average molecular weight is 339 g/mol. The van der Waals surface area contributed by atoms with E-state index in [2.05, 4.69) is 11.9 Å². The van der Waals surface area contributed by atoms with Crippen LogP contribution in [0.25, 0.3) is 0 Å². The third-order valence-electron chi connectivity index (χ3n) is 3.15. The molecule has 0 bridgehead atoms. The maximum Gasteiger partial charge on any atom is 0.239 e. The van der Waals surface area contributed by atoms with Crippen LogP contribution in [0.4, 0.5) is 0 Å². The summed E-state index contributed by atoms with van der Waals surface area (Å²) in [7, 11) is -3.71. The van der Waals surface area contributed by atoms with Crippen LogP contribution in [0.5, 0.6) is 0 Å². The molecule has 1 rings (SSSR count). The number of nitrogens with two attached hydrogens (primary N) is 1. The summed E-state index contributed by atoms with van der Waals surface area (Å²) in [5, 5.41) is 7.64.